The van der Waals surface area contributed by atoms with E-state index in [9.17, 15) is 9.18 Å². The molecule has 0 bridgehead atoms. The summed E-state index contributed by atoms with van der Waals surface area (Å²) >= 11 is 6.00. The second-order valence-corrected chi connectivity index (χ2v) is 5.80. The maximum absolute atomic E-state index is 13.1. The van der Waals surface area contributed by atoms with Crippen LogP contribution in [0, 0.1) is 5.82 Å². The summed E-state index contributed by atoms with van der Waals surface area (Å²) in [6, 6.07) is 11.3. The van der Waals surface area contributed by atoms with Crippen molar-refractivity contribution in [2.24, 2.45) is 0 Å². The lowest BCUT2D eigenvalue weighted by Gasteiger charge is -2.21. The minimum Gasteiger partial charge on any atom is -0.480 e. The maximum atomic E-state index is 13.1. The van der Waals surface area contributed by atoms with Crippen LogP contribution in [0.4, 0.5) is 4.39 Å². The zero-order valence-electron chi connectivity index (χ0n) is 13.3. The molecule has 1 N–H and O–H groups in total. The van der Waals surface area contributed by atoms with E-state index in [1.165, 1.54) is 18.2 Å². The fraction of sp³-hybridized carbons (Fsp3) is 0.278. The van der Waals surface area contributed by atoms with Crippen LogP contribution in [0.15, 0.2) is 42.5 Å². The van der Waals surface area contributed by atoms with Crippen molar-refractivity contribution in [3.8, 4) is 11.5 Å². The van der Waals surface area contributed by atoms with Gasteiger partial charge in [0, 0.05) is 12.1 Å². The van der Waals surface area contributed by atoms with E-state index >= 15 is 0 Å². The summed E-state index contributed by atoms with van der Waals surface area (Å²) in [5, 5.41) is 9.21. The lowest BCUT2D eigenvalue weighted by molar-refractivity contribution is -0.138. The smallest absolute Gasteiger partial charge is 0.317 e. The summed E-state index contributed by atoms with van der Waals surface area (Å²) in [6.45, 7) is 3.06. The van der Waals surface area contributed by atoms with Crippen LogP contribution in [0.25, 0.3) is 0 Å². The van der Waals surface area contributed by atoms with Gasteiger partial charge >= 0.3 is 5.97 Å². The average molecular weight is 352 g/mol. The van der Waals surface area contributed by atoms with Crippen LogP contribution in [0.2, 0.25) is 5.02 Å². The fourth-order valence-corrected chi connectivity index (χ4v) is 2.58. The van der Waals surface area contributed by atoms with Gasteiger partial charge in [0.2, 0.25) is 0 Å². The maximum Gasteiger partial charge on any atom is 0.317 e. The number of aliphatic carboxylic acids is 1. The molecule has 0 aliphatic carbocycles. The van der Waals surface area contributed by atoms with E-state index in [-0.39, 0.29) is 11.6 Å². The first-order valence-corrected chi connectivity index (χ1v) is 8.02. The second kappa shape index (κ2) is 8.66. The van der Waals surface area contributed by atoms with Gasteiger partial charge in [-0.1, -0.05) is 36.7 Å². The largest absolute Gasteiger partial charge is 0.480 e. The third kappa shape index (κ3) is 5.22. The zero-order chi connectivity index (χ0) is 17.5. The van der Waals surface area contributed by atoms with Crippen LogP contribution >= 0.6 is 11.6 Å². The molecule has 0 saturated carbocycles. The number of ether oxygens (including phenoxy) is 1. The number of hydrogen-bond donors (Lipinski definition) is 1. The van der Waals surface area contributed by atoms with Crippen LogP contribution in [0.3, 0.4) is 0 Å². The van der Waals surface area contributed by atoms with Crippen LogP contribution < -0.4 is 4.74 Å². The minimum atomic E-state index is -0.872. The van der Waals surface area contributed by atoms with Crippen molar-refractivity contribution in [2.45, 2.75) is 19.9 Å². The molecule has 0 spiro atoms. The molecular formula is C18H19ClFNO3. The Bertz CT molecular complexity index is 708. The highest BCUT2D eigenvalue weighted by atomic mass is 35.5. The predicted molar refractivity (Wildman–Crippen MR) is 91.1 cm³/mol. The fourth-order valence-electron chi connectivity index (χ4n) is 2.37. The molecule has 4 nitrogen and oxygen atoms in total. The Morgan fingerprint density at radius 2 is 2.00 bits per heavy atom. The summed E-state index contributed by atoms with van der Waals surface area (Å²) < 4.78 is 18.9. The molecule has 6 heteroatoms. The van der Waals surface area contributed by atoms with Gasteiger partial charge in [0.1, 0.15) is 17.3 Å². The van der Waals surface area contributed by atoms with Gasteiger partial charge in [0.05, 0.1) is 11.6 Å². The molecule has 0 aliphatic rings. The van der Waals surface area contributed by atoms with E-state index in [0.29, 0.717) is 24.6 Å². The molecule has 2 aromatic rings. The van der Waals surface area contributed by atoms with Gasteiger partial charge in [-0.05, 0) is 37.2 Å². The molecule has 2 rings (SSSR count). The highest BCUT2D eigenvalue weighted by Gasteiger charge is 2.14. The molecule has 0 aromatic heterocycles. The van der Waals surface area contributed by atoms with Crippen molar-refractivity contribution in [3.05, 3.63) is 58.9 Å². The molecule has 0 heterocycles. The topological polar surface area (TPSA) is 49.8 Å². The lowest BCUT2D eigenvalue weighted by Crippen LogP contribution is -2.30. The van der Waals surface area contributed by atoms with Gasteiger partial charge in [-0.2, -0.15) is 0 Å². The molecule has 128 valence electrons. The molecular weight excluding hydrogens is 333 g/mol. The zero-order valence-corrected chi connectivity index (χ0v) is 14.1. The van der Waals surface area contributed by atoms with Crippen molar-refractivity contribution in [2.75, 3.05) is 13.1 Å². The molecule has 0 unspecified atom stereocenters. The molecule has 0 saturated heterocycles. The molecule has 0 atom stereocenters. The Labute approximate surface area is 145 Å². The lowest BCUT2D eigenvalue weighted by atomic mass is 10.1. The first-order chi connectivity index (χ1) is 11.5. The first kappa shape index (κ1) is 18.2. The molecule has 0 aliphatic heterocycles. The van der Waals surface area contributed by atoms with Crippen LogP contribution in [0.5, 0.6) is 11.5 Å². The Morgan fingerprint density at radius 3 is 2.67 bits per heavy atom. The Kier molecular flexibility index (Phi) is 6.58. The van der Waals surface area contributed by atoms with Crippen molar-refractivity contribution in [3.63, 3.8) is 0 Å². The number of carboxylic acid groups (broad SMARTS) is 1. The van der Waals surface area contributed by atoms with E-state index in [4.69, 9.17) is 21.4 Å². The normalized spacial score (nSPS) is 10.8. The van der Waals surface area contributed by atoms with E-state index in [1.807, 2.05) is 30.0 Å². The monoisotopic (exact) mass is 351 g/mol. The van der Waals surface area contributed by atoms with Gasteiger partial charge in [-0.15, -0.1) is 0 Å². The van der Waals surface area contributed by atoms with Gasteiger partial charge in [0.15, 0.2) is 0 Å². The second-order valence-electron chi connectivity index (χ2n) is 5.39. The average Bonchev–Trinajstić information content (AvgIpc) is 2.51. The number of carbonyl (C=O) groups is 1. The van der Waals surface area contributed by atoms with Gasteiger partial charge in [0.25, 0.3) is 0 Å². The van der Waals surface area contributed by atoms with Crippen molar-refractivity contribution in [1.82, 2.24) is 4.90 Å². The Balaban J connectivity index is 2.21. The summed E-state index contributed by atoms with van der Waals surface area (Å²) in [6.07, 6.45) is 0.847. The summed E-state index contributed by atoms with van der Waals surface area (Å²) in [7, 11) is 0. The molecule has 2 aromatic carbocycles. The van der Waals surface area contributed by atoms with E-state index in [1.54, 1.807) is 6.07 Å². The van der Waals surface area contributed by atoms with Crippen molar-refractivity contribution in [1.29, 1.82) is 0 Å². The number of nitrogens with zero attached hydrogens (tertiary/aromatic N) is 1. The Morgan fingerprint density at radius 1 is 1.25 bits per heavy atom. The minimum absolute atomic E-state index is 0.0422. The third-order valence-corrected chi connectivity index (χ3v) is 3.67. The first-order valence-electron chi connectivity index (χ1n) is 7.64. The van der Waals surface area contributed by atoms with Gasteiger partial charge < -0.3 is 9.84 Å². The Hall–Kier alpha value is -2.11. The SMILES string of the molecule is CCCN(CC(=O)O)Cc1ccccc1Oc1ccc(F)cc1Cl. The van der Waals surface area contributed by atoms with Crippen LogP contribution in [0.1, 0.15) is 18.9 Å². The van der Waals surface area contributed by atoms with Crippen LogP contribution in [-0.2, 0) is 11.3 Å². The van der Waals surface area contributed by atoms with Crippen LogP contribution in [-0.4, -0.2) is 29.1 Å². The van der Waals surface area contributed by atoms with E-state index in [0.717, 1.165) is 12.0 Å². The van der Waals surface area contributed by atoms with Gasteiger partial charge in [-0.25, -0.2) is 4.39 Å². The standard InChI is InChI=1S/C18H19ClFNO3/c1-2-9-21(12-18(22)23)11-13-5-3-4-6-16(13)24-17-8-7-14(20)10-15(17)19/h3-8,10H,2,9,11-12H2,1H3,(H,22,23). The summed E-state index contributed by atoms with van der Waals surface area (Å²) in [5.41, 5.74) is 0.840. The van der Waals surface area contributed by atoms with Gasteiger partial charge in [-0.3, -0.25) is 9.69 Å². The third-order valence-electron chi connectivity index (χ3n) is 3.38. The van der Waals surface area contributed by atoms with Crippen molar-refractivity contribution >= 4 is 17.6 Å². The number of para-hydroxylation sites is 1. The number of rotatable bonds is 8. The predicted octanol–water partition coefficient (Wildman–Crippen LogP) is 4.57. The molecule has 24 heavy (non-hydrogen) atoms. The number of halogens is 2. The summed E-state index contributed by atoms with van der Waals surface area (Å²) in [5.74, 6) is -0.386. The highest BCUT2D eigenvalue weighted by molar-refractivity contribution is 6.32. The number of benzene rings is 2. The van der Waals surface area contributed by atoms with Crippen molar-refractivity contribution < 1.29 is 19.0 Å². The number of carboxylic acids is 1. The van der Waals surface area contributed by atoms with E-state index in [2.05, 4.69) is 0 Å². The molecule has 0 fully saturated rings. The quantitative estimate of drug-likeness (QED) is 0.757. The van der Waals surface area contributed by atoms with E-state index < -0.39 is 11.8 Å². The highest BCUT2D eigenvalue weighted by Crippen LogP contribution is 2.32. The molecule has 0 amide bonds. The molecule has 0 radical (unpaired) electrons. The number of hydrogen-bond acceptors (Lipinski definition) is 3. The summed E-state index contributed by atoms with van der Waals surface area (Å²) in [4.78, 5) is 12.8.